The molecule has 0 unspecified atom stereocenters. The summed E-state index contributed by atoms with van der Waals surface area (Å²) in [6.07, 6.45) is 0. The van der Waals surface area contributed by atoms with Gasteiger partial charge in [-0.25, -0.2) is 0 Å². The van der Waals surface area contributed by atoms with Gasteiger partial charge in [0.25, 0.3) is 0 Å². The Bertz CT molecular complexity index is 481. The Morgan fingerprint density at radius 3 is 2.64 bits per heavy atom. The SMILES string of the molecule is OB(O)c1c(S)ccc2cc(O)sc12. The average Bonchev–Trinajstić information content (AvgIpc) is 2.43. The molecule has 0 saturated heterocycles. The van der Waals surface area contributed by atoms with Gasteiger partial charge in [0.15, 0.2) is 5.06 Å². The van der Waals surface area contributed by atoms with E-state index in [1.165, 1.54) is 0 Å². The molecule has 0 spiro atoms. The topological polar surface area (TPSA) is 60.7 Å². The van der Waals surface area contributed by atoms with Crippen molar-refractivity contribution in [3.8, 4) is 5.06 Å². The second kappa shape index (κ2) is 3.47. The first kappa shape index (κ1) is 9.85. The molecule has 0 fully saturated rings. The summed E-state index contributed by atoms with van der Waals surface area (Å²) in [6.45, 7) is 0. The molecule has 0 radical (unpaired) electrons. The maximum absolute atomic E-state index is 9.28. The third kappa shape index (κ3) is 1.50. The van der Waals surface area contributed by atoms with Crippen LogP contribution in [0.4, 0.5) is 0 Å². The quantitative estimate of drug-likeness (QED) is 0.425. The largest absolute Gasteiger partial charge is 0.499 e. The maximum atomic E-state index is 9.28. The number of hydrogen-bond donors (Lipinski definition) is 4. The van der Waals surface area contributed by atoms with Crippen LogP contribution in [-0.2, 0) is 0 Å². The first-order valence-electron chi connectivity index (χ1n) is 3.90. The Kier molecular flexibility index (Phi) is 2.44. The second-order valence-electron chi connectivity index (χ2n) is 2.88. The average molecular weight is 226 g/mol. The van der Waals surface area contributed by atoms with Crippen molar-refractivity contribution in [1.29, 1.82) is 0 Å². The molecule has 14 heavy (non-hydrogen) atoms. The lowest BCUT2D eigenvalue weighted by molar-refractivity contribution is 0.425. The molecule has 0 atom stereocenters. The summed E-state index contributed by atoms with van der Waals surface area (Å²) in [7, 11) is -1.57. The second-order valence-corrected chi connectivity index (χ2v) is 4.39. The van der Waals surface area contributed by atoms with Gasteiger partial charge in [-0.05, 0) is 17.5 Å². The van der Waals surface area contributed by atoms with Crippen molar-refractivity contribution in [3.63, 3.8) is 0 Å². The smallest absolute Gasteiger partial charge is 0.491 e. The van der Waals surface area contributed by atoms with Gasteiger partial charge in [-0.1, -0.05) is 17.4 Å². The van der Waals surface area contributed by atoms with Gasteiger partial charge in [0.1, 0.15) is 0 Å². The first-order valence-corrected chi connectivity index (χ1v) is 5.16. The zero-order valence-electron chi connectivity index (χ0n) is 7.01. The van der Waals surface area contributed by atoms with Gasteiger partial charge in [-0.3, -0.25) is 0 Å². The number of thiophene rings is 1. The van der Waals surface area contributed by atoms with Crippen molar-refractivity contribution in [2.45, 2.75) is 4.90 Å². The maximum Gasteiger partial charge on any atom is 0.491 e. The van der Waals surface area contributed by atoms with Crippen molar-refractivity contribution >= 4 is 46.6 Å². The molecule has 3 nitrogen and oxygen atoms in total. The summed E-state index contributed by atoms with van der Waals surface area (Å²) < 4.78 is 0.657. The Balaban J connectivity index is 2.82. The van der Waals surface area contributed by atoms with Gasteiger partial charge in [-0.2, -0.15) is 0 Å². The number of rotatable bonds is 1. The Morgan fingerprint density at radius 1 is 1.29 bits per heavy atom. The van der Waals surface area contributed by atoms with E-state index in [1.807, 2.05) is 0 Å². The van der Waals surface area contributed by atoms with Gasteiger partial charge in [0, 0.05) is 15.1 Å². The molecule has 2 rings (SSSR count). The molecular weight excluding hydrogens is 219 g/mol. The van der Waals surface area contributed by atoms with Crippen molar-refractivity contribution < 1.29 is 15.2 Å². The van der Waals surface area contributed by atoms with Gasteiger partial charge >= 0.3 is 7.12 Å². The van der Waals surface area contributed by atoms with E-state index in [1.54, 1.807) is 18.2 Å². The highest BCUT2D eigenvalue weighted by atomic mass is 32.1. The molecule has 0 bridgehead atoms. The van der Waals surface area contributed by atoms with Crippen molar-refractivity contribution in [2.75, 3.05) is 0 Å². The summed E-state index contributed by atoms with van der Waals surface area (Å²) in [5.41, 5.74) is 0.344. The number of benzene rings is 1. The van der Waals surface area contributed by atoms with Crippen molar-refractivity contribution in [2.24, 2.45) is 0 Å². The molecule has 0 amide bonds. The normalized spacial score (nSPS) is 10.8. The van der Waals surface area contributed by atoms with E-state index in [0.717, 1.165) is 16.7 Å². The van der Waals surface area contributed by atoms with Crippen LogP contribution in [0.15, 0.2) is 23.1 Å². The number of hydrogen-bond acceptors (Lipinski definition) is 5. The summed E-state index contributed by atoms with van der Waals surface area (Å²) in [4.78, 5) is 0.509. The standard InChI is InChI=1S/C8H7BO3S2/c10-6-3-4-1-2-5(13)7(9(11)12)8(4)14-6/h1-3,10-13H. The summed E-state index contributed by atoms with van der Waals surface area (Å²) in [5.74, 6) is 0. The highest BCUT2D eigenvalue weighted by molar-refractivity contribution is 7.80. The van der Waals surface area contributed by atoms with E-state index >= 15 is 0 Å². The predicted molar refractivity (Wildman–Crippen MR) is 60.6 cm³/mol. The summed E-state index contributed by atoms with van der Waals surface area (Å²) >= 11 is 5.24. The van der Waals surface area contributed by atoms with Crippen LogP contribution in [0.3, 0.4) is 0 Å². The zero-order chi connectivity index (χ0) is 10.3. The van der Waals surface area contributed by atoms with Crippen LogP contribution < -0.4 is 5.46 Å². The Morgan fingerprint density at radius 2 is 2.00 bits per heavy atom. The van der Waals surface area contributed by atoms with E-state index < -0.39 is 7.12 Å². The lowest BCUT2D eigenvalue weighted by Crippen LogP contribution is -2.31. The fourth-order valence-corrected chi connectivity index (χ4v) is 2.69. The molecular formula is C8H7BO3S2. The number of thiol groups is 1. The van der Waals surface area contributed by atoms with E-state index in [9.17, 15) is 5.11 Å². The zero-order valence-corrected chi connectivity index (χ0v) is 8.72. The predicted octanol–water partition coefficient (Wildman–Crippen LogP) is 0.575. The fourth-order valence-electron chi connectivity index (χ4n) is 1.35. The number of aromatic hydroxyl groups is 1. The third-order valence-electron chi connectivity index (χ3n) is 1.95. The lowest BCUT2D eigenvalue weighted by Gasteiger charge is -2.04. The molecule has 72 valence electrons. The van der Waals surface area contributed by atoms with Gasteiger partial charge in [0.2, 0.25) is 0 Å². The van der Waals surface area contributed by atoms with E-state index in [0.29, 0.717) is 15.1 Å². The number of fused-ring (bicyclic) bond motifs is 1. The summed E-state index contributed by atoms with van der Waals surface area (Å²) in [5, 5.41) is 28.5. The lowest BCUT2D eigenvalue weighted by atomic mass is 9.80. The molecule has 1 heterocycles. The Labute approximate surface area is 90.2 Å². The van der Waals surface area contributed by atoms with E-state index in [2.05, 4.69) is 12.6 Å². The molecule has 2 aromatic rings. The molecule has 6 heteroatoms. The molecule has 0 aliphatic carbocycles. The minimum Gasteiger partial charge on any atom is -0.499 e. The molecule has 0 saturated carbocycles. The van der Waals surface area contributed by atoms with Crippen LogP contribution in [-0.4, -0.2) is 22.3 Å². The van der Waals surface area contributed by atoms with E-state index in [4.69, 9.17) is 10.0 Å². The van der Waals surface area contributed by atoms with Gasteiger partial charge in [0.05, 0.1) is 0 Å². The van der Waals surface area contributed by atoms with Gasteiger partial charge < -0.3 is 15.2 Å². The fraction of sp³-hybridized carbons (Fsp3) is 0. The molecule has 0 aliphatic rings. The molecule has 3 N–H and O–H groups in total. The highest BCUT2D eigenvalue weighted by Crippen LogP contribution is 2.30. The minimum absolute atomic E-state index is 0.154. The monoisotopic (exact) mass is 226 g/mol. The van der Waals surface area contributed by atoms with E-state index in [-0.39, 0.29) is 5.06 Å². The molecule has 1 aromatic heterocycles. The van der Waals surface area contributed by atoms with Crippen LogP contribution in [0.5, 0.6) is 5.06 Å². The Hall–Kier alpha value is -0.685. The molecule has 1 aromatic carbocycles. The van der Waals surface area contributed by atoms with Crippen LogP contribution in [0.25, 0.3) is 10.1 Å². The first-order chi connectivity index (χ1) is 6.59. The van der Waals surface area contributed by atoms with Crippen LogP contribution >= 0.6 is 24.0 Å². The summed E-state index contributed by atoms with van der Waals surface area (Å²) in [6, 6.07) is 5.03. The van der Waals surface area contributed by atoms with Crippen LogP contribution in [0, 0.1) is 0 Å². The van der Waals surface area contributed by atoms with Crippen molar-refractivity contribution in [3.05, 3.63) is 18.2 Å². The minimum atomic E-state index is -1.57. The van der Waals surface area contributed by atoms with Crippen LogP contribution in [0.2, 0.25) is 0 Å². The highest BCUT2D eigenvalue weighted by Gasteiger charge is 2.19. The van der Waals surface area contributed by atoms with Gasteiger partial charge in [-0.15, -0.1) is 12.6 Å². The third-order valence-corrected chi connectivity index (χ3v) is 3.32. The van der Waals surface area contributed by atoms with Crippen molar-refractivity contribution in [1.82, 2.24) is 0 Å². The van der Waals surface area contributed by atoms with Crippen LogP contribution in [0.1, 0.15) is 0 Å². The molecule has 0 aliphatic heterocycles.